The van der Waals surface area contributed by atoms with Crippen LogP contribution in [0.2, 0.25) is 0 Å². The first-order valence-electron chi connectivity index (χ1n) is 7.08. The van der Waals surface area contributed by atoms with Gasteiger partial charge in [0.05, 0.1) is 15.4 Å². The average molecular weight is 356 g/mol. The van der Waals surface area contributed by atoms with Crippen molar-refractivity contribution < 1.29 is 29.6 Å². The fourth-order valence-corrected chi connectivity index (χ4v) is 2.10. The standard InChI is InChI=1S/C13H16N4O8/c14-4-2-1-3-8(13(20)21)15-11-9(16(22)23)5-7(12(18)19)6-10(11)17(24)25/h5-6,8,15H,1-4,14H2,(H,18,19)(H,20,21)/t8-/m0/s1. The van der Waals surface area contributed by atoms with E-state index in [1.165, 1.54) is 0 Å². The molecular formula is C13H16N4O8. The van der Waals surface area contributed by atoms with Crippen LogP contribution in [-0.4, -0.2) is 44.6 Å². The number of nitrogens with one attached hydrogen (secondary N) is 1. The number of anilines is 1. The van der Waals surface area contributed by atoms with Gasteiger partial charge in [-0.2, -0.15) is 0 Å². The lowest BCUT2D eigenvalue weighted by Crippen LogP contribution is -2.30. The van der Waals surface area contributed by atoms with Gasteiger partial charge in [-0.1, -0.05) is 0 Å². The fraction of sp³-hybridized carbons (Fsp3) is 0.385. The van der Waals surface area contributed by atoms with Crippen molar-refractivity contribution in [3.63, 3.8) is 0 Å². The van der Waals surface area contributed by atoms with Gasteiger partial charge in [0.1, 0.15) is 6.04 Å². The molecule has 1 rings (SSSR count). The Hall–Kier alpha value is -3.28. The minimum absolute atomic E-state index is 0.0293. The summed E-state index contributed by atoms with van der Waals surface area (Å²) in [4.78, 5) is 42.6. The molecule has 1 atom stereocenters. The second kappa shape index (κ2) is 8.54. The van der Waals surface area contributed by atoms with Gasteiger partial charge in [0, 0.05) is 12.1 Å². The minimum atomic E-state index is -1.59. The molecule has 5 N–H and O–H groups in total. The highest BCUT2D eigenvalue weighted by atomic mass is 16.6. The number of benzene rings is 1. The van der Waals surface area contributed by atoms with E-state index in [1.807, 2.05) is 0 Å². The van der Waals surface area contributed by atoms with Gasteiger partial charge in [0.25, 0.3) is 11.4 Å². The minimum Gasteiger partial charge on any atom is -0.480 e. The maximum Gasteiger partial charge on any atom is 0.336 e. The fourth-order valence-electron chi connectivity index (χ4n) is 2.10. The molecule has 0 aliphatic rings. The van der Waals surface area contributed by atoms with Gasteiger partial charge in [0.2, 0.25) is 0 Å². The van der Waals surface area contributed by atoms with E-state index in [2.05, 4.69) is 5.32 Å². The van der Waals surface area contributed by atoms with Gasteiger partial charge >= 0.3 is 11.9 Å². The van der Waals surface area contributed by atoms with Crippen LogP contribution in [0, 0.1) is 20.2 Å². The third kappa shape index (κ3) is 5.10. The van der Waals surface area contributed by atoms with E-state index in [9.17, 15) is 34.9 Å². The van der Waals surface area contributed by atoms with Crippen LogP contribution in [0.1, 0.15) is 29.6 Å². The third-order valence-corrected chi connectivity index (χ3v) is 3.30. The highest BCUT2D eigenvalue weighted by Crippen LogP contribution is 2.36. The number of nitro benzene ring substituents is 2. The monoisotopic (exact) mass is 356 g/mol. The lowest BCUT2D eigenvalue weighted by atomic mass is 10.1. The van der Waals surface area contributed by atoms with E-state index in [0.29, 0.717) is 31.5 Å². The Morgan fingerprint density at radius 2 is 1.64 bits per heavy atom. The van der Waals surface area contributed by atoms with Crippen LogP contribution in [0.4, 0.5) is 17.1 Å². The second-order valence-electron chi connectivity index (χ2n) is 5.03. The molecule has 0 fully saturated rings. The summed E-state index contributed by atoms with van der Waals surface area (Å²) in [5, 5.41) is 42.8. The van der Waals surface area contributed by atoms with Crippen molar-refractivity contribution >= 4 is 29.0 Å². The van der Waals surface area contributed by atoms with Crippen molar-refractivity contribution in [3.05, 3.63) is 37.9 Å². The summed E-state index contributed by atoms with van der Waals surface area (Å²) in [5.74, 6) is -2.95. The van der Waals surface area contributed by atoms with Crippen LogP contribution in [0.25, 0.3) is 0 Å². The van der Waals surface area contributed by atoms with Gasteiger partial charge in [-0.15, -0.1) is 0 Å². The van der Waals surface area contributed by atoms with E-state index < -0.39 is 50.5 Å². The number of hydrogen-bond acceptors (Lipinski definition) is 8. The lowest BCUT2D eigenvalue weighted by Gasteiger charge is -2.16. The molecular weight excluding hydrogens is 340 g/mol. The van der Waals surface area contributed by atoms with Gasteiger partial charge in [-0.3, -0.25) is 20.2 Å². The molecule has 0 unspecified atom stereocenters. The Labute approximate surface area is 140 Å². The Kier molecular flexibility index (Phi) is 6.75. The Balaban J connectivity index is 3.39. The zero-order valence-corrected chi connectivity index (χ0v) is 12.9. The van der Waals surface area contributed by atoms with Crippen LogP contribution in [0.5, 0.6) is 0 Å². The number of nitro groups is 2. The van der Waals surface area contributed by atoms with Gasteiger partial charge < -0.3 is 21.3 Å². The molecule has 1 aromatic carbocycles. The number of hydrogen-bond donors (Lipinski definition) is 4. The van der Waals surface area contributed by atoms with E-state index in [0.717, 1.165) is 0 Å². The van der Waals surface area contributed by atoms with E-state index >= 15 is 0 Å². The predicted molar refractivity (Wildman–Crippen MR) is 84.7 cm³/mol. The first-order chi connectivity index (χ1) is 11.7. The molecule has 25 heavy (non-hydrogen) atoms. The molecule has 0 radical (unpaired) electrons. The molecule has 0 spiro atoms. The zero-order valence-electron chi connectivity index (χ0n) is 12.9. The SMILES string of the molecule is NCCCC[C@H](Nc1c([N+](=O)[O-])cc(C(=O)O)cc1[N+](=O)[O-])C(=O)O. The normalized spacial score (nSPS) is 11.6. The van der Waals surface area contributed by atoms with Crippen molar-refractivity contribution in [2.45, 2.75) is 25.3 Å². The molecule has 0 saturated carbocycles. The van der Waals surface area contributed by atoms with E-state index in [-0.39, 0.29) is 6.42 Å². The van der Waals surface area contributed by atoms with Crippen LogP contribution in [-0.2, 0) is 4.79 Å². The summed E-state index contributed by atoms with van der Waals surface area (Å²) in [5.41, 5.74) is 2.22. The number of nitrogens with zero attached hydrogens (tertiary/aromatic N) is 2. The number of aliphatic carboxylic acids is 1. The quantitative estimate of drug-likeness (QED) is 0.268. The smallest absolute Gasteiger partial charge is 0.336 e. The molecule has 1 aromatic rings. The summed E-state index contributed by atoms with van der Waals surface area (Å²) in [6.45, 7) is 0.319. The first kappa shape index (κ1) is 19.8. The maximum atomic E-state index is 11.3. The third-order valence-electron chi connectivity index (χ3n) is 3.30. The average Bonchev–Trinajstić information content (AvgIpc) is 2.52. The van der Waals surface area contributed by atoms with Crippen molar-refractivity contribution in [3.8, 4) is 0 Å². The second-order valence-corrected chi connectivity index (χ2v) is 5.03. The molecule has 12 nitrogen and oxygen atoms in total. The summed E-state index contributed by atoms with van der Waals surface area (Å²) >= 11 is 0. The highest BCUT2D eigenvalue weighted by molar-refractivity contribution is 5.93. The molecule has 136 valence electrons. The number of unbranched alkanes of at least 4 members (excludes halogenated alkanes) is 1. The zero-order chi connectivity index (χ0) is 19.1. The van der Waals surface area contributed by atoms with Gasteiger partial charge in [-0.05, 0) is 25.8 Å². The molecule has 0 aliphatic carbocycles. The first-order valence-corrected chi connectivity index (χ1v) is 7.08. The number of rotatable bonds is 10. The summed E-state index contributed by atoms with van der Waals surface area (Å²) in [6, 6.07) is -0.0629. The molecule has 0 bridgehead atoms. The molecule has 0 amide bonds. The van der Waals surface area contributed by atoms with Crippen molar-refractivity contribution in [2.24, 2.45) is 5.73 Å². The Morgan fingerprint density at radius 3 is 2.00 bits per heavy atom. The lowest BCUT2D eigenvalue weighted by molar-refractivity contribution is -0.392. The van der Waals surface area contributed by atoms with E-state index in [4.69, 9.17) is 10.8 Å². The van der Waals surface area contributed by atoms with E-state index in [1.54, 1.807) is 0 Å². The van der Waals surface area contributed by atoms with Gasteiger partial charge in [0.15, 0.2) is 5.69 Å². The van der Waals surface area contributed by atoms with Crippen molar-refractivity contribution in [1.29, 1.82) is 0 Å². The number of carboxylic acid groups (broad SMARTS) is 2. The Bertz CT molecular complexity index is 670. The summed E-state index contributed by atoms with van der Waals surface area (Å²) in [6.07, 6.45) is 0.921. The Morgan fingerprint density at radius 1 is 1.12 bits per heavy atom. The number of carbonyl (C=O) groups is 2. The number of aromatic carboxylic acids is 1. The maximum absolute atomic E-state index is 11.3. The summed E-state index contributed by atoms with van der Waals surface area (Å²) in [7, 11) is 0. The van der Waals surface area contributed by atoms with Crippen molar-refractivity contribution in [2.75, 3.05) is 11.9 Å². The van der Waals surface area contributed by atoms with Crippen LogP contribution in [0.3, 0.4) is 0 Å². The number of nitrogens with two attached hydrogens (primary N) is 1. The van der Waals surface area contributed by atoms with Crippen LogP contribution < -0.4 is 11.1 Å². The highest BCUT2D eigenvalue weighted by Gasteiger charge is 2.31. The topological polar surface area (TPSA) is 199 Å². The molecule has 0 aliphatic heterocycles. The molecule has 12 heteroatoms. The van der Waals surface area contributed by atoms with Crippen LogP contribution >= 0.6 is 0 Å². The van der Waals surface area contributed by atoms with Gasteiger partial charge in [-0.25, -0.2) is 9.59 Å². The molecule has 0 aromatic heterocycles. The predicted octanol–water partition coefficient (Wildman–Crippen LogP) is 1.20. The molecule has 0 heterocycles. The van der Waals surface area contributed by atoms with Crippen LogP contribution in [0.15, 0.2) is 12.1 Å². The largest absolute Gasteiger partial charge is 0.480 e. The summed E-state index contributed by atoms with van der Waals surface area (Å²) < 4.78 is 0. The van der Waals surface area contributed by atoms with Crippen molar-refractivity contribution in [1.82, 2.24) is 0 Å². The molecule has 0 saturated heterocycles. The number of carboxylic acids is 2.